The predicted octanol–water partition coefficient (Wildman–Crippen LogP) is 3.16. The smallest absolute Gasteiger partial charge is 0.257 e. The van der Waals surface area contributed by atoms with Gasteiger partial charge in [0.1, 0.15) is 11.6 Å². The van der Waals surface area contributed by atoms with Crippen LogP contribution in [0, 0.1) is 0 Å². The maximum Gasteiger partial charge on any atom is 0.257 e. The van der Waals surface area contributed by atoms with Gasteiger partial charge in [0.2, 0.25) is 0 Å². The van der Waals surface area contributed by atoms with Crippen LogP contribution in [0.5, 0.6) is 5.75 Å². The van der Waals surface area contributed by atoms with E-state index >= 15 is 0 Å². The monoisotopic (exact) mass is 285 g/mol. The van der Waals surface area contributed by atoms with Gasteiger partial charge in [-0.05, 0) is 30.7 Å². The molecule has 5 heteroatoms. The molecular formula is C16H19N3O2. The maximum absolute atomic E-state index is 12.1. The van der Waals surface area contributed by atoms with Gasteiger partial charge in [0, 0.05) is 24.5 Å². The fourth-order valence-electron chi connectivity index (χ4n) is 1.79. The number of pyridine rings is 1. The molecule has 0 fully saturated rings. The van der Waals surface area contributed by atoms with Crippen LogP contribution in [0.25, 0.3) is 0 Å². The zero-order valence-corrected chi connectivity index (χ0v) is 12.2. The average molecular weight is 285 g/mol. The molecule has 0 aliphatic rings. The molecule has 1 heterocycles. The van der Waals surface area contributed by atoms with Crippen LogP contribution in [0.3, 0.4) is 0 Å². The molecule has 0 radical (unpaired) electrons. The summed E-state index contributed by atoms with van der Waals surface area (Å²) in [6.07, 6.45) is 2.59. The van der Waals surface area contributed by atoms with Crippen LogP contribution in [0.2, 0.25) is 0 Å². The molecule has 0 spiro atoms. The third-order valence-electron chi connectivity index (χ3n) is 2.91. The molecule has 2 aromatic rings. The largest absolute Gasteiger partial charge is 0.497 e. The van der Waals surface area contributed by atoms with Gasteiger partial charge >= 0.3 is 0 Å². The van der Waals surface area contributed by atoms with E-state index in [-0.39, 0.29) is 5.91 Å². The van der Waals surface area contributed by atoms with Crippen LogP contribution >= 0.6 is 0 Å². The molecule has 1 aromatic heterocycles. The topological polar surface area (TPSA) is 63.2 Å². The van der Waals surface area contributed by atoms with Gasteiger partial charge in [0.25, 0.3) is 5.91 Å². The number of aromatic nitrogens is 1. The van der Waals surface area contributed by atoms with Crippen molar-refractivity contribution in [3.05, 3.63) is 48.2 Å². The van der Waals surface area contributed by atoms with E-state index in [2.05, 4.69) is 22.5 Å². The molecule has 5 nitrogen and oxygen atoms in total. The Labute approximate surface area is 124 Å². The minimum atomic E-state index is -0.196. The molecule has 0 atom stereocenters. The first-order valence-electron chi connectivity index (χ1n) is 6.88. The van der Waals surface area contributed by atoms with Crippen LogP contribution in [0.4, 0.5) is 11.5 Å². The summed E-state index contributed by atoms with van der Waals surface area (Å²) < 4.78 is 5.12. The van der Waals surface area contributed by atoms with Crippen LogP contribution in [0.15, 0.2) is 42.6 Å². The summed E-state index contributed by atoms with van der Waals surface area (Å²) in [5.74, 6) is 1.28. The van der Waals surface area contributed by atoms with E-state index in [0.717, 1.165) is 18.8 Å². The quantitative estimate of drug-likeness (QED) is 0.855. The van der Waals surface area contributed by atoms with Gasteiger partial charge in [0.15, 0.2) is 0 Å². The van der Waals surface area contributed by atoms with Gasteiger partial charge in [-0.15, -0.1) is 0 Å². The van der Waals surface area contributed by atoms with Gasteiger partial charge in [-0.25, -0.2) is 4.98 Å². The van der Waals surface area contributed by atoms with Gasteiger partial charge in [-0.2, -0.15) is 0 Å². The summed E-state index contributed by atoms with van der Waals surface area (Å²) in [7, 11) is 1.59. The second-order valence-electron chi connectivity index (χ2n) is 4.54. The van der Waals surface area contributed by atoms with Gasteiger partial charge < -0.3 is 15.4 Å². The van der Waals surface area contributed by atoms with Crippen molar-refractivity contribution in [3.8, 4) is 5.75 Å². The number of hydrogen-bond donors (Lipinski definition) is 2. The Morgan fingerprint density at radius 1 is 1.29 bits per heavy atom. The molecule has 0 unspecified atom stereocenters. The number of carbonyl (C=O) groups is 1. The molecule has 2 rings (SSSR count). The number of nitrogens with zero attached hydrogens (tertiary/aromatic N) is 1. The number of nitrogens with one attached hydrogen (secondary N) is 2. The van der Waals surface area contributed by atoms with Crippen molar-refractivity contribution in [2.24, 2.45) is 0 Å². The lowest BCUT2D eigenvalue weighted by Crippen LogP contribution is -2.12. The van der Waals surface area contributed by atoms with Gasteiger partial charge in [0.05, 0.1) is 12.7 Å². The number of benzene rings is 1. The lowest BCUT2D eigenvalue weighted by atomic mass is 10.2. The molecule has 0 bridgehead atoms. The van der Waals surface area contributed by atoms with Crippen molar-refractivity contribution in [3.63, 3.8) is 0 Å². The van der Waals surface area contributed by atoms with E-state index in [0.29, 0.717) is 17.0 Å². The first kappa shape index (κ1) is 14.8. The fourth-order valence-corrected chi connectivity index (χ4v) is 1.79. The number of amides is 1. The van der Waals surface area contributed by atoms with E-state index in [1.54, 1.807) is 31.5 Å². The highest BCUT2D eigenvalue weighted by molar-refractivity contribution is 6.04. The Bertz CT molecular complexity index is 597. The van der Waals surface area contributed by atoms with Crippen molar-refractivity contribution in [1.29, 1.82) is 0 Å². The highest BCUT2D eigenvalue weighted by atomic mass is 16.5. The summed E-state index contributed by atoms with van der Waals surface area (Å²) >= 11 is 0. The van der Waals surface area contributed by atoms with Crippen molar-refractivity contribution >= 4 is 17.4 Å². The zero-order valence-electron chi connectivity index (χ0n) is 12.2. The fraction of sp³-hybridized carbons (Fsp3) is 0.250. The molecule has 21 heavy (non-hydrogen) atoms. The second-order valence-corrected chi connectivity index (χ2v) is 4.54. The average Bonchev–Trinajstić information content (AvgIpc) is 2.53. The minimum absolute atomic E-state index is 0.196. The van der Waals surface area contributed by atoms with Crippen molar-refractivity contribution in [1.82, 2.24) is 4.98 Å². The molecule has 0 saturated heterocycles. The van der Waals surface area contributed by atoms with Crippen molar-refractivity contribution in [2.45, 2.75) is 13.3 Å². The third kappa shape index (κ3) is 4.21. The van der Waals surface area contributed by atoms with E-state index in [1.807, 2.05) is 18.2 Å². The van der Waals surface area contributed by atoms with Gasteiger partial charge in [-0.3, -0.25) is 4.79 Å². The Hall–Kier alpha value is -2.56. The summed E-state index contributed by atoms with van der Waals surface area (Å²) in [6.45, 7) is 2.95. The standard InChI is InChI=1S/C16H19N3O2/c1-3-9-17-15-8-7-12(11-18-15)16(20)19-13-5-4-6-14(10-13)21-2/h4-8,10-11H,3,9H2,1-2H3,(H,17,18)(H,19,20). The van der Waals surface area contributed by atoms with Crippen LogP contribution in [-0.4, -0.2) is 24.5 Å². The second kappa shape index (κ2) is 7.28. The van der Waals surface area contributed by atoms with E-state index in [9.17, 15) is 4.79 Å². The molecule has 0 aliphatic heterocycles. The SMILES string of the molecule is CCCNc1ccc(C(=O)Nc2cccc(OC)c2)cn1. The Morgan fingerprint density at radius 3 is 2.81 bits per heavy atom. The highest BCUT2D eigenvalue weighted by Crippen LogP contribution is 2.17. The lowest BCUT2D eigenvalue weighted by molar-refractivity contribution is 0.102. The zero-order chi connectivity index (χ0) is 15.1. The molecular weight excluding hydrogens is 266 g/mol. The number of methoxy groups -OCH3 is 1. The molecule has 0 saturated carbocycles. The lowest BCUT2D eigenvalue weighted by Gasteiger charge is -2.08. The van der Waals surface area contributed by atoms with Crippen LogP contribution in [0.1, 0.15) is 23.7 Å². The molecule has 110 valence electrons. The van der Waals surface area contributed by atoms with Crippen LogP contribution < -0.4 is 15.4 Å². The first-order chi connectivity index (χ1) is 10.2. The summed E-state index contributed by atoms with van der Waals surface area (Å²) in [5, 5.41) is 5.98. The number of carbonyl (C=O) groups excluding carboxylic acids is 1. The maximum atomic E-state index is 12.1. The predicted molar refractivity (Wildman–Crippen MR) is 84.0 cm³/mol. The summed E-state index contributed by atoms with van der Waals surface area (Å²) in [4.78, 5) is 16.3. The third-order valence-corrected chi connectivity index (χ3v) is 2.91. The Balaban J connectivity index is 2.02. The molecule has 0 aliphatic carbocycles. The minimum Gasteiger partial charge on any atom is -0.497 e. The first-order valence-corrected chi connectivity index (χ1v) is 6.88. The van der Waals surface area contributed by atoms with Crippen molar-refractivity contribution < 1.29 is 9.53 Å². The summed E-state index contributed by atoms with van der Waals surface area (Å²) in [5.41, 5.74) is 1.20. The number of anilines is 2. The van der Waals surface area contributed by atoms with E-state index in [1.165, 1.54) is 0 Å². The van der Waals surface area contributed by atoms with Crippen molar-refractivity contribution in [2.75, 3.05) is 24.3 Å². The number of rotatable bonds is 6. The Morgan fingerprint density at radius 2 is 2.14 bits per heavy atom. The Kier molecular flexibility index (Phi) is 5.15. The molecule has 1 amide bonds. The van der Waals surface area contributed by atoms with Crippen LogP contribution in [-0.2, 0) is 0 Å². The van der Waals surface area contributed by atoms with E-state index in [4.69, 9.17) is 4.74 Å². The highest BCUT2D eigenvalue weighted by Gasteiger charge is 2.07. The number of ether oxygens (including phenoxy) is 1. The number of hydrogen-bond acceptors (Lipinski definition) is 4. The van der Waals surface area contributed by atoms with E-state index < -0.39 is 0 Å². The molecule has 2 N–H and O–H groups in total. The normalized spacial score (nSPS) is 10.0. The summed E-state index contributed by atoms with van der Waals surface area (Å²) in [6, 6.07) is 10.8. The van der Waals surface area contributed by atoms with Gasteiger partial charge in [-0.1, -0.05) is 13.0 Å². The molecule has 1 aromatic carbocycles.